The van der Waals surface area contributed by atoms with Gasteiger partial charge in [-0.3, -0.25) is 4.79 Å². The van der Waals surface area contributed by atoms with Gasteiger partial charge < -0.3 is 9.80 Å². The summed E-state index contributed by atoms with van der Waals surface area (Å²) >= 11 is 0. The van der Waals surface area contributed by atoms with Gasteiger partial charge in [0.1, 0.15) is 5.69 Å². The third-order valence-corrected chi connectivity index (χ3v) is 5.06. The van der Waals surface area contributed by atoms with Crippen LogP contribution in [-0.4, -0.2) is 42.0 Å². The second kappa shape index (κ2) is 6.67. The number of rotatable bonds is 2. The lowest BCUT2D eigenvalue weighted by atomic mass is 9.99. The number of hydrogen-bond donors (Lipinski definition) is 0. The maximum Gasteiger partial charge on any atom is 0.272 e. The summed E-state index contributed by atoms with van der Waals surface area (Å²) in [4.78, 5) is 21.3. The van der Waals surface area contributed by atoms with Crippen molar-refractivity contribution in [1.82, 2.24) is 9.88 Å². The Morgan fingerprint density at radius 2 is 1.86 bits per heavy atom. The Hall–Kier alpha value is -1.58. The zero-order valence-electron chi connectivity index (χ0n) is 13.8. The molecule has 0 saturated carbocycles. The quantitative estimate of drug-likeness (QED) is 0.841. The van der Waals surface area contributed by atoms with Crippen LogP contribution in [0.3, 0.4) is 0 Å². The van der Waals surface area contributed by atoms with Crippen molar-refractivity contribution >= 4 is 11.6 Å². The minimum absolute atomic E-state index is 0.0883. The molecule has 22 heavy (non-hydrogen) atoms. The van der Waals surface area contributed by atoms with E-state index in [1.165, 1.54) is 19.3 Å². The van der Waals surface area contributed by atoms with Crippen LogP contribution in [0.4, 0.5) is 5.69 Å². The van der Waals surface area contributed by atoms with E-state index in [0.717, 1.165) is 44.2 Å². The number of piperidine rings is 2. The first kappa shape index (κ1) is 15.3. The average molecular weight is 301 g/mol. The average Bonchev–Trinajstić information content (AvgIpc) is 2.55. The van der Waals surface area contributed by atoms with Crippen LogP contribution in [0.25, 0.3) is 0 Å². The zero-order valence-corrected chi connectivity index (χ0v) is 13.8. The fourth-order valence-corrected chi connectivity index (χ4v) is 3.50. The van der Waals surface area contributed by atoms with Gasteiger partial charge in [0.25, 0.3) is 5.91 Å². The van der Waals surface area contributed by atoms with Crippen LogP contribution in [0.5, 0.6) is 0 Å². The number of anilines is 1. The van der Waals surface area contributed by atoms with E-state index in [1.807, 2.05) is 17.2 Å². The monoisotopic (exact) mass is 301 g/mol. The second-order valence-electron chi connectivity index (χ2n) is 7.07. The highest BCUT2D eigenvalue weighted by Crippen LogP contribution is 2.23. The predicted molar refractivity (Wildman–Crippen MR) is 89.1 cm³/mol. The van der Waals surface area contributed by atoms with E-state index >= 15 is 0 Å². The molecule has 2 saturated heterocycles. The Morgan fingerprint density at radius 3 is 2.50 bits per heavy atom. The van der Waals surface area contributed by atoms with Gasteiger partial charge in [-0.1, -0.05) is 13.8 Å². The second-order valence-corrected chi connectivity index (χ2v) is 7.07. The molecule has 0 aromatic carbocycles. The Kier molecular flexibility index (Phi) is 4.65. The minimum atomic E-state index is 0.0883. The number of amides is 1. The van der Waals surface area contributed by atoms with Gasteiger partial charge >= 0.3 is 0 Å². The third-order valence-electron chi connectivity index (χ3n) is 5.06. The van der Waals surface area contributed by atoms with Crippen LogP contribution in [0.2, 0.25) is 0 Å². The first-order valence-electron chi connectivity index (χ1n) is 8.64. The SMILES string of the molecule is CC1CCN(c2ccc(C(=O)N3CCCC(C)C3)nc2)CC1. The first-order valence-corrected chi connectivity index (χ1v) is 8.64. The molecule has 3 rings (SSSR count). The van der Waals surface area contributed by atoms with Gasteiger partial charge in [-0.15, -0.1) is 0 Å². The summed E-state index contributed by atoms with van der Waals surface area (Å²) in [5.74, 6) is 1.52. The molecule has 1 aromatic rings. The number of nitrogens with zero attached hydrogens (tertiary/aromatic N) is 3. The van der Waals surface area contributed by atoms with E-state index in [-0.39, 0.29) is 5.91 Å². The molecule has 1 aromatic heterocycles. The molecule has 0 radical (unpaired) electrons. The molecular formula is C18H27N3O. The first-order chi connectivity index (χ1) is 10.6. The van der Waals surface area contributed by atoms with Crippen molar-refractivity contribution in [2.75, 3.05) is 31.1 Å². The molecule has 4 nitrogen and oxygen atoms in total. The van der Waals surface area contributed by atoms with Crippen molar-refractivity contribution in [2.45, 2.75) is 39.5 Å². The lowest BCUT2D eigenvalue weighted by Crippen LogP contribution is -2.39. The summed E-state index contributed by atoms with van der Waals surface area (Å²) in [6, 6.07) is 3.96. The zero-order chi connectivity index (χ0) is 15.5. The highest BCUT2D eigenvalue weighted by atomic mass is 16.2. The number of carbonyl (C=O) groups is 1. The van der Waals surface area contributed by atoms with Crippen molar-refractivity contribution < 1.29 is 4.79 Å². The Morgan fingerprint density at radius 1 is 1.09 bits per heavy atom. The summed E-state index contributed by atoms with van der Waals surface area (Å²) in [6.07, 6.45) is 6.69. The van der Waals surface area contributed by atoms with Gasteiger partial charge in [-0.25, -0.2) is 4.98 Å². The molecule has 0 spiro atoms. The summed E-state index contributed by atoms with van der Waals surface area (Å²) in [5, 5.41) is 0. The highest BCUT2D eigenvalue weighted by molar-refractivity contribution is 5.92. The smallest absolute Gasteiger partial charge is 0.272 e. The van der Waals surface area contributed by atoms with Crippen molar-refractivity contribution in [3.8, 4) is 0 Å². The van der Waals surface area contributed by atoms with Gasteiger partial charge in [0, 0.05) is 26.2 Å². The van der Waals surface area contributed by atoms with Gasteiger partial charge in [-0.05, 0) is 49.7 Å². The standard InChI is InChI=1S/C18H27N3O/c1-14-7-10-20(11-8-14)16-5-6-17(19-12-16)18(22)21-9-3-4-15(2)13-21/h5-6,12,14-15H,3-4,7-11,13H2,1-2H3. The molecule has 120 valence electrons. The fraction of sp³-hybridized carbons (Fsp3) is 0.667. The topological polar surface area (TPSA) is 36.4 Å². The van der Waals surface area contributed by atoms with E-state index in [2.05, 4.69) is 29.8 Å². The Balaban J connectivity index is 1.64. The number of aromatic nitrogens is 1. The molecular weight excluding hydrogens is 274 g/mol. The summed E-state index contributed by atoms with van der Waals surface area (Å²) in [6.45, 7) is 8.47. The summed E-state index contributed by atoms with van der Waals surface area (Å²) in [5.41, 5.74) is 1.73. The van der Waals surface area contributed by atoms with E-state index in [0.29, 0.717) is 11.6 Å². The van der Waals surface area contributed by atoms with E-state index < -0.39 is 0 Å². The van der Waals surface area contributed by atoms with Crippen LogP contribution in [-0.2, 0) is 0 Å². The van der Waals surface area contributed by atoms with Gasteiger partial charge in [-0.2, -0.15) is 0 Å². The van der Waals surface area contributed by atoms with E-state index in [1.54, 1.807) is 0 Å². The van der Waals surface area contributed by atoms with Crippen molar-refractivity contribution in [3.05, 3.63) is 24.0 Å². The maximum absolute atomic E-state index is 12.5. The lowest BCUT2D eigenvalue weighted by Gasteiger charge is -2.32. The van der Waals surface area contributed by atoms with Crippen molar-refractivity contribution in [3.63, 3.8) is 0 Å². The molecule has 0 bridgehead atoms. The van der Waals surface area contributed by atoms with Crippen molar-refractivity contribution in [1.29, 1.82) is 0 Å². The van der Waals surface area contributed by atoms with Gasteiger partial charge in [0.15, 0.2) is 0 Å². The van der Waals surface area contributed by atoms with Gasteiger partial charge in [0.05, 0.1) is 11.9 Å². The van der Waals surface area contributed by atoms with Crippen molar-refractivity contribution in [2.24, 2.45) is 11.8 Å². The molecule has 2 fully saturated rings. The highest BCUT2D eigenvalue weighted by Gasteiger charge is 2.23. The molecule has 2 aliphatic rings. The Bertz CT molecular complexity index is 506. The largest absolute Gasteiger partial charge is 0.370 e. The normalized spacial score (nSPS) is 23.6. The Labute approximate surface area is 133 Å². The third kappa shape index (κ3) is 3.42. The summed E-state index contributed by atoms with van der Waals surface area (Å²) < 4.78 is 0. The number of likely N-dealkylation sites (tertiary alicyclic amines) is 1. The molecule has 1 unspecified atom stereocenters. The molecule has 2 aliphatic heterocycles. The predicted octanol–water partition coefficient (Wildman–Crippen LogP) is 3.19. The molecule has 0 aliphatic carbocycles. The van der Waals surface area contributed by atoms with Crippen LogP contribution in [0.15, 0.2) is 18.3 Å². The number of hydrogen-bond acceptors (Lipinski definition) is 3. The van der Waals surface area contributed by atoms with Crippen LogP contribution in [0.1, 0.15) is 50.0 Å². The summed E-state index contributed by atoms with van der Waals surface area (Å²) in [7, 11) is 0. The maximum atomic E-state index is 12.5. The van der Waals surface area contributed by atoms with Crippen LogP contribution in [0, 0.1) is 11.8 Å². The molecule has 3 heterocycles. The number of pyridine rings is 1. The van der Waals surface area contributed by atoms with Crippen LogP contribution < -0.4 is 4.90 Å². The van der Waals surface area contributed by atoms with E-state index in [4.69, 9.17) is 0 Å². The minimum Gasteiger partial charge on any atom is -0.370 e. The van der Waals surface area contributed by atoms with Crippen LogP contribution >= 0.6 is 0 Å². The molecule has 4 heteroatoms. The van der Waals surface area contributed by atoms with Gasteiger partial charge in [0.2, 0.25) is 0 Å². The van der Waals surface area contributed by atoms with E-state index in [9.17, 15) is 4.79 Å². The molecule has 1 amide bonds. The molecule has 1 atom stereocenters. The lowest BCUT2D eigenvalue weighted by molar-refractivity contribution is 0.0677. The fourth-order valence-electron chi connectivity index (χ4n) is 3.50. The number of carbonyl (C=O) groups excluding carboxylic acids is 1. The molecule has 0 N–H and O–H groups in total.